The maximum absolute atomic E-state index is 13.0. The zero-order chi connectivity index (χ0) is 19.3. The number of likely N-dealkylation sites (tertiary alicyclic amines) is 1. The van der Waals surface area contributed by atoms with Gasteiger partial charge >= 0.3 is 0 Å². The molecule has 2 aromatic rings. The van der Waals surface area contributed by atoms with Gasteiger partial charge in [0.15, 0.2) is 0 Å². The molecule has 0 unspecified atom stereocenters. The summed E-state index contributed by atoms with van der Waals surface area (Å²) in [6.45, 7) is 6.06. The SMILES string of the molecule is C[C@@H]1C[C@@H](c2ccc(C#N)c3ncccc23)CN(C(=O)C[C@H]2[C@@H]3CNC[C@@H]32)C1. The molecule has 1 saturated carbocycles. The third-order valence-electron chi connectivity index (χ3n) is 7.06. The molecule has 0 bridgehead atoms. The van der Waals surface area contributed by atoms with Crippen molar-refractivity contribution in [3.8, 4) is 6.07 Å². The second-order valence-corrected chi connectivity index (χ2v) is 8.90. The summed E-state index contributed by atoms with van der Waals surface area (Å²) in [6.07, 6.45) is 3.53. The van der Waals surface area contributed by atoms with E-state index in [4.69, 9.17) is 0 Å². The molecule has 0 radical (unpaired) electrons. The first-order valence-corrected chi connectivity index (χ1v) is 10.4. The van der Waals surface area contributed by atoms with Crippen molar-refractivity contribution in [1.82, 2.24) is 15.2 Å². The molecule has 2 aliphatic heterocycles. The molecule has 3 heterocycles. The zero-order valence-electron chi connectivity index (χ0n) is 16.3. The Morgan fingerprint density at radius 3 is 2.89 bits per heavy atom. The standard InChI is InChI=1S/C23H26N4O/c1-14-7-16(17-5-4-15(9-24)23-18(17)3-2-6-26-23)13-27(12-14)22(28)8-19-20-10-25-11-21(19)20/h2-6,14,16,19-21,25H,7-8,10-13H2,1H3/t14-,16-,19-,20-,21+/m1/s1. The fourth-order valence-electron chi connectivity index (χ4n) is 5.60. The lowest BCUT2D eigenvalue weighted by Gasteiger charge is -2.37. The van der Waals surface area contributed by atoms with Gasteiger partial charge in [-0.3, -0.25) is 9.78 Å². The quantitative estimate of drug-likeness (QED) is 0.897. The third-order valence-corrected chi connectivity index (χ3v) is 7.06. The number of nitriles is 1. The van der Waals surface area contributed by atoms with Gasteiger partial charge in [0.1, 0.15) is 6.07 Å². The first-order chi connectivity index (χ1) is 13.7. The van der Waals surface area contributed by atoms with Gasteiger partial charge in [0.05, 0.1) is 11.1 Å². The lowest BCUT2D eigenvalue weighted by molar-refractivity contribution is -0.133. The molecule has 1 aliphatic carbocycles. The van der Waals surface area contributed by atoms with Crippen LogP contribution in [0.2, 0.25) is 0 Å². The number of nitrogens with one attached hydrogen (secondary N) is 1. The Morgan fingerprint density at radius 1 is 1.29 bits per heavy atom. The molecule has 1 aromatic heterocycles. The summed E-state index contributed by atoms with van der Waals surface area (Å²) in [5.41, 5.74) is 2.61. The van der Waals surface area contributed by atoms with Crippen LogP contribution in [0.3, 0.4) is 0 Å². The molecule has 5 rings (SSSR count). The van der Waals surface area contributed by atoms with E-state index in [-0.39, 0.29) is 0 Å². The van der Waals surface area contributed by atoms with Crippen LogP contribution in [0.4, 0.5) is 0 Å². The van der Waals surface area contributed by atoms with E-state index in [9.17, 15) is 10.1 Å². The molecule has 0 spiro atoms. The summed E-state index contributed by atoms with van der Waals surface area (Å²) in [7, 11) is 0. The predicted octanol–water partition coefficient (Wildman–Crippen LogP) is 2.91. The number of carbonyl (C=O) groups is 1. The highest BCUT2D eigenvalue weighted by Gasteiger charge is 2.53. The summed E-state index contributed by atoms with van der Waals surface area (Å²) >= 11 is 0. The molecule has 3 fully saturated rings. The predicted molar refractivity (Wildman–Crippen MR) is 108 cm³/mol. The maximum atomic E-state index is 13.0. The minimum atomic E-state index is 0.299. The minimum Gasteiger partial charge on any atom is -0.342 e. The number of fused-ring (bicyclic) bond motifs is 2. The van der Waals surface area contributed by atoms with Crippen molar-refractivity contribution in [1.29, 1.82) is 5.26 Å². The van der Waals surface area contributed by atoms with E-state index < -0.39 is 0 Å². The van der Waals surface area contributed by atoms with Crippen molar-refractivity contribution in [3.05, 3.63) is 41.6 Å². The van der Waals surface area contributed by atoms with Crippen molar-refractivity contribution >= 4 is 16.8 Å². The lowest BCUT2D eigenvalue weighted by atomic mass is 9.83. The highest BCUT2D eigenvalue weighted by molar-refractivity contribution is 5.87. The fourth-order valence-corrected chi connectivity index (χ4v) is 5.60. The van der Waals surface area contributed by atoms with E-state index in [1.165, 1.54) is 5.56 Å². The van der Waals surface area contributed by atoms with Gasteiger partial charge in [0.2, 0.25) is 5.91 Å². The van der Waals surface area contributed by atoms with Crippen molar-refractivity contribution in [2.24, 2.45) is 23.7 Å². The van der Waals surface area contributed by atoms with Crippen LogP contribution >= 0.6 is 0 Å². The van der Waals surface area contributed by atoms with Gasteiger partial charge in [-0.2, -0.15) is 5.26 Å². The van der Waals surface area contributed by atoms with Crippen LogP contribution in [0, 0.1) is 35.0 Å². The molecule has 5 nitrogen and oxygen atoms in total. The Bertz CT molecular complexity index is 955. The Kier molecular flexibility index (Phi) is 4.32. The molecule has 3 aliphatic rings. The topological polar surface area (TPSA) is 69.0 Å². The Balaban J connectivity index is 1.38. The number of amides is 1. The van der Waals surface area contributed by atoms with E-state index in [0.717, 1.165) is 55.3 Å². The molecule has 1 N–H and O–H groups in total. The molecule has 1 aromatic carbocycles. The van der Waals surface area contributed by atoms with Gasteiger partial charge in [-0.25, -0.2) is 0 Å². The number of carbonyl (C=O) groups excluding carboxylic acids is 1. The second-order valence-electron chi connectivity index (χ2n) is 8.90. The summed E-state index contributed by atoms with van der Waals surface area (Å²) in [5.74, 6) is 3.17. The number of piperidine rings is 2. The highest BCUT2D eigenvalue weighted by atomic mass is 16.2. The minimum absolute atomic E-state index is 0.299. The van der Waals surface area contributed by atoms with Gasteiger partial charge in [-0.05, 0) is 60.9 Å². The largest absolute Gasteiger partial charge is 0.342 e. The van der Waals surface area contributed by atoms with Gasteiger partial charge in [0.25, 0.3) is 0 Å². The average molecular weight is 374 g/mol. The van der Waals surface area contributed by atoms with Crippen LogP contribution in [-0.4, -0.2) is 42.0 Å². The van der Waals surface area contributed by atoms with Crippen molar-refractivity contribution < 1.29 is 4.79 Å². The number of nitrogens with zero attached hydrogens (tertiary/aromatic N) is 3. The van der Waals surface area contributed by atoms with Gasteiger partial charge in [-0.15, -0.1) is 0 Å². The molecule has 144 valence electrons. The number of benzene rings is 1. The van der Waals surface area contributed by atoms with E-state index in [1.807, 2.05) is 12.1 Å². The van der Waals surface area contributed by atoms with Gasteiger partial charge < -0.3 is 10.2 Å². The number of rotatable bonds is 3. The third kappa shape index (κ3) is 2.97. The smallest absolute Gasteiger partial charge is 0.222 e. The van der Waals surface area contributed by atoms with Crippen molar-refractivity contribution in [2.75, 3.05) is 26.2 Å². The van der Waals surface area contributed by atoms with Crippen LogP contribution in [-0.2, 0) is 4.79 Å². The highest BCUT2D eigenvalue weighted by Crippen LogP contribution is 2.51. The molecule has 1 amide bonds. The van der Waals surface area contributed by atoms with Crippen LogP contribution in [0.1, 0.15) is 36.8 Å². The first-order valence-electron chi connectivity index (χ1n) is 10.4. The molecular weight excluding hydrogens is 348 g/mol. The molecule has 28 heavy (non-hydrogen) atoms. The maximum Gasteiger partial charge on any atom is 0.222 e. The number of hydrogen-bond donors (Lipinski definition) is 1. The fraction of sp³-hybridized carbons (Fsp3) is 0.522. The molecular formula is C23H26N4O. The number of pyridine rings is 1. The average Bonchev–Trinajstić information content (AvgIpc) is 3.12. The Labute approximate surface area is 165 Å². The lowest BCUT2D eigenvalue weighted by Crippen LogP contribution is -2.43. The second kappa shape index (κ2) is 6.86. The zero-order valence-corrected chi connectivity index (χ0v) is 16.3. The number of aromatic nitrogens is 1. The Morgan fingerprint density at radius 2 is 2.11 bits per heavy atom. The Hall–Kier alpha value is -2.45. The van der Waals surface area contributed by atoms with Crippen LogP contribution in [0.15, 0.2) is 30.5 Å². The van der Waals surface area contributed by atoms with E-state index in [1.54, 1.807) is 6.20 Å². The first kappa shape index (κ1) is 17.6. The summed E-state index contributed by atoms with van der Waals surface area (Å²) in [5, 5.41) is 13.9. The van der Waals surface area contributed by atoms with Gasteiger partial charge in [0, 0.05) is 37.0 Å². The molecule has 5 heteroatoms. The van der Waals surface area contributed by atoms with Gasteiger partial charge in [-0.1, -0.05) is 19.1 Å². The normalized spacial score (nSPS) is 31.4. The number of hydrogen-bond acceptors (Lipinski definition) is 4. The van der Waals surface area contributed by atoms with E-state index in [2.05, 4.69) is 40.3 Å². The van der Waals surface area contributed by atoms with Crippen molar-refractivity contribution in [2.45, 2.75) is 25.7 Å². The summed E-state index contributed by atoms with van der Waals surface area (Å²) < 4.78 is 0. The monoisotopic (exact) mass is 374 g/mol. The van der Waals surface area contributed by atoms with E-state index >= 15 is 0 Å². The van der Waals surface area contributed by atoms with Crippen LogP contribution in [0.25, 0.3) is 10.9 Å². The van der Waals surface area contributed by atoms with Crippen LogP contribution in [0.5, 0.6) is 0 Å². The van der Waals surface area contributed by atoms with Crippen molar-refractivity contribution in [3.63, 3.8) is 0 Å². The summed E-state index contributed by atoms with van der Waals surface area (Å²) in [6, 6.07) is 10.2. The molecule has 5 atom stereocenters. The van der Waals surface area contributed by atoms with E-state index in [0.29, 0.717) is 35.6 Å². The van der Waals surface area contributed by atoms with Crippen LogP contribution < -0.4 is 5.32 Å². The summed E-state index contributed by atoms with van der Waals surface area (Å²) in [4.78, 5) is 19.6. The molecule has 2 saturated heterocycles.